The highest BCUT2D eigenvalue weighted by atomic mass is 14.8. The SMILES string of the molecule is CC1(C)[C@H]2CC[C@]1(C)C(N)C2. The molecule has 1 unspecified atom stereocenters. The van der Waals surface area contributed by atoms with Gasteiger partial charge in [0.2, 0.25) is 0 Å². The van der Waals surface area contributed by atoms with Gasteiger partial charge in [-0.05, 0) is 36.0 Å². The maximum absolute atomic E-state index is 6.13. The molecule has 2 N–H and O–H groups in total. The van der Waals surface area contributed by atoms with Crippen LogP contribution in [0.2, 0.25) is 0 Å². The molecule has 11 heavy (non-hydrogen) atoms. The van der Waals surface area contributed by atoms with Crippen molar-refractivity contribution in [2.45, 2.75) is 46.1 Å². The van der Waals surface area contributed by atoms with Gasteiger partial charge in [-0.2, -0.15) is 0 Å². The minimum absolute atomic E-state index is 0.442. The molecule has 0 radical (unpaired) electrons. The third-order valence-corrected chi connectivity index (χ3v) is 4.86. The van der Waals surface area contributed by atoms with Crippen molar-refractivity contribution in [1.82, 2.24) is 0 Å². The van der Waals surface area contributed by atoms with Crippen LogP contribution in [0.1, 0.15) is 40.0 Å². The zero-order valence-electron chi connectivity index (χ0n) is 7.85. The van der Waals surface area contributed by atoms with Crippen molar-refractivity contribution in [2.24, 2.45) is 22.5 Å². The topological polar surface area (TPSA) is 26.0 Å². The predicted molar refractivity (Wildman–Crippen MR) is 47.2 cm³/mol. The molecule has 0 heterocycles. The van der Waals surface area contributed by atoms with E-state index in [9.17, 15) is 0 Å². The van der Waals surface area contributed by atoms with Crippen LogP contribution in [0.3, 0.4) is 0 Å². The first-order valence-electron chi connectivity index (χ1n) is 4.74. The van der Waals surface area contributed by atoms with Gasteiger partial charge in [0.15, 0.2) is 0 Å². The fourth-order valence-electron chi connectivity index (χ4n) is 3.27. The van der Waals surface area contributed by atoms with E-state index in [4.69, 9.17) is 5.73 Å². The molecule has 0 spiro atoms. The summed E-state index contributed by atoms with van der Waals surface area (Å²) in [6, 6.07) is 0.469. The van der Waals surface area contributed by atoms with E-state index in [0.29, 0.717) is 16.9 Å². The van der Waals surface area contributed by atoms with Gasteiger partial charge >= 0.3 is 0 Å². The van der Waals surface area contributed by atoms with Crippen molar-refractivity contribution < 1.29 is 0 Å². The van der Waals surface area contributed by atoms with E-state index in [-0.39, 0.29) is 0 Å². The fraction of sp³-hybridized carbons (Fsp3) is 1.00. The molecule has 2 fully saturated rings. The molecule has 1 heteroatoms. The lowest BCUT2D eigenvalue weighted by Crippen LogP contribution is -2.40. The van der Waals surface area contributed by atoms with Crippen LogP contribution in [-0.4, -0.2) is 6.04 Å². The van der Waals surface area contributed by atoms with Crippen LogP contribution >= 0.6 is 0 Å². The third kappa shape index (κ3) is 0.658. The van der Waals surface area contributed by atoms with Crippen LogP contribution < -0.4 is 5.73 Å². The van der Waals surface area contributed by atoms with E-state index >= 15 is 0 Å². The highest BCUT2D eigenvalue weighted by molar-refractivity contribution is 5.11. The van der Waals surface area contributed by atoms with Crippen molar-refractivity contribution in [2.75, 3.05) is 0 Å². The molecule has 2 aliphatic rings. The molecule has 3 atom stereocenters. The van der Waals surface area contributed by atoms with Crippen LogP contribution in [0, 0.1) is 16.7 Å². The fourth-order valence-corrected chi connectivity index (χ4v) is 3.27. The Kier molecular flexibility index (Phi) is 1.26. The number of fused-ring (bicyclic) bond motifs is 2. The van der Waals surface area contributed by atoms with Crippen molar-refractivity contribution in [3.63, 3.8) is 0 Å². The second-order valence-electron chi connectivity index (χ2n) is 5.22. The Morgan fingerprint density at radius 3 is 2.09 bits per heavy atom. The summed E-state index contributed by atoms with van der Waals surface area (Å²) in [7, 11) is 0. The molecule has 0 aromatic heterocycles. The second kappa shape index (κ2) is 1.82. The van der Waals surface area contributed by atoms with E-state index in [1.165, 1.54) is 19.3 Å². The first-order chi connectivity index (χ1) is 4.98. The smallest absolute Gasteiger partial charge is 0.0101 e. The van der Waals surface area contributed by atoms with Gasteiger partial charge in [0, 0.05) is 6.04 Å². The molecule has 2 rings (SSSR count). The molecular formula is C10H19N. The molecule has 0 aromatic rings. The van der Waals surface area contributed by atoms with Crippen LogP contribution in [0.25, 0.3) is 0 Å². The molecule has 2 aliphatic carbocycles. The summed E-state index contributed by atoms with van der Waals surface area (Å²) in [5.41, 5.74) is 7.08. The average molecular weight is 153 g/mol. The van der Waals surface area contributed by atoms with E-state index < -0.39 is 0 Å². The zero-order chi connectivity index (χ0) is 8.28. The van der Waals surface area contributed by atoms with E-state index in [1.807, 2.05) is 0 Å². The van der Waals surface area contributed by atoms with Gasteiger partial charge in [0.05, 0.1) is 0 Å². The molecule has 64 valence electrons. The largest absolute Gasteiger partial charge is 0.327 e. The normalized spacial score (nSPS) is 53.5. The van der Waals surface area contributed by atoms with Gasteiger partial charge in [-0.15, -0.1) is 0 Å². The molecule has 0 aromatic carbocycles. The first-order valence-corrected chi connectivity index (χ1v) is 4.74. The quantitative estimate of drug-likeness (QED) is 0.567. The molecule has 0 amide bonds. The second-order valence-corrected chi connectivity index (χ2v) is 5.22. The summed E-state index contributed by atoms with van der Waals surface area (Å²) in [5, 5.41) is 0. The lowest BCUT2D eigenvalue weighted by molar-refractivity contribution is 0.136. The lowest BCUT2D eigenvalue weighted by Gasteiger charge is -2.37. The summed E-state index contributed by atoms with van der Waals surface area (Å²) < 4.78 is 0. The molecule has 0 aliphatic heterocycles. The highest BCUT2D eigenvalue weighted by Crippen LogP contribution is 2.64. The Hall–Kier alpha value is -0.0400. The van der Waals surface area contributed by atoms with Crippen LogP contribution in [0.15, 0.2) is 0 Å². The van der Waals surface area contributed by atoms with Crippen LogP contribution in [0.5, 0.6) is 0 Å². The summed E-state index contributed by atoms with van der Waals surface area (Å²) in [5.74, 6) is 0.905. The van der Waals surface area contributed by atoms with E-state index in [1.54, 1.807) is 0 Å². The van der Waals surface area contributed by atoms with Gasteiger partial charge in [0.25, 0.3) is 0 Å². The van der Waals surface area contributed by atoms with Crippen molar-refractivity contribution >= 4 is 0 Å². The molecule has 2 bridgehead atoms. The Morgan fingerprint density at radius 2 is 1.91 bits per heavy atom. The Balaban J connectivity index is 2.40. The van der Waals surface area contributed by atoms with E-state index in [0.717, 1.165) is 5.92 Å². The summed E-state index contributed by atoms with van der Waals surface area (Å²) >= 11 is 0. The predicted octanol–water partition coefficient (Wildman–Crippen LogP) is 2.16. The van der Waals surface area contributed by atoms with Gasteiger partial charge in [-0.1, -0.05) is 20.8 Å². The molecule has 0 saturated heterocycles. The third-order valence-electron chi connectivity index (χ3n) is 4.86. The standard InChI is InChI=1S/C10H19N/c1-9(2)7-4-5-10(9,3)8(11)6-7/h7-8H,4-6,11H2,1-3H3/t7-,8?,10+/m0/s1. The lowest BCUT2D eigenvalue weighted by atomic mass is 9.69. The molecule has 2 saturated carbocycles. The van der Waals surface area contributed by atoms with Crippen molar-refractivity contribution in [3.8, 4) is 0 Å². The number of nitrogens with two attached hydrogens (primary N) is 1. The van der Waals surface area contributed by atoms with Gasteiger partial charge < -0.3 is 5.73 Å². The maximum atomic E-state index is 6.13. The summed E-state index contributed by atoms with van der Waals surface area (Å²) in [6.45, 7) is 7.18. The maximum Gasteiger partial charge on any atom is 0.0101 e. The minimum Gasteiger partial charge on any atom is -0.327 e. The van der Waals surface area contributed by atoms with Gasteiger partial charge in [0.1, 0.15) is 0 Å². The van der Waals surface area contributed by atoms with Gasteiger partial charge in [-0.25, -0.2) is 0 Å². The number of hydrogen-bond donors (Lipinski definition) is 1. The molecular weight excluding hydrogens is 134 g/mol. The Labute approximate surface area is 69.4 Å². The number of hydrogen-bond acceptors (Lipinski definition) is 1. The average Bonchev–Trinajstić information content (AvgIpc) is 2.20. The first kappa shape index (κ1) is 7.60. The highest BCUT2D eigenvalue weighted by Gasteiger charge is 2.59. The van der Waals surface area contributed by atoms with Crippen LogP contribution in [-0.2, 0) is 0 Å². The minimum atomic E-state index is 0.442. The number of rotatable bonds is 0. The molecule has 1 nitrogen and oxygen atoms in total. The van der Waals surface area contributed by atoms with Gasteiger partial charge in [-0.3, -0.25) is 0 Å². The van der Waals surface area contributed by atoms with E-state index in [2.05, 4.69) is 20.8 Å². The van der Waals surface area contributed by atoms with Crippen LogP contribution in [0.4, 0.5) is 0 Å². The van der Waals surface area contributed by atoms with Crippen molar-refractivity contribution in [3.05, 3.63) is 0 Å². The monoisotopic (exact) mass is 153 g/mol. The zero-order valence-corrected chi connectivity index (χ0v) is 7.85. The Bertz CT molecular complexity index is 185. The summed E-state index contributed by atoms with van der Waals surface area (Å²) in [4.78, 5) is 0. The van der Waals surface area contributed by atoms with Crippen molar-refractivity contribution in [1.29, 1.82) is 0 Å². The Morgan fingerprint density at radius 1 is 1.27 bits per heavy atom. The summed E-state index contributed by atoms with van der Waals surface area (Å²) in [6.07, 6.45) is 4.03.